The first-order chi connectivity index (χ1) is 16.3. The van der Waals surface area contributed by atoms with Crippen molar-refractivity contribution in [2.24, 2.45) is 0 Å². The van der Waals surface area contributed by atoms with Gasteiger partial charge >= 0.3 is 0 Å². The fraction of sp³-hybridized carbons (Fsp3) is 0.259. The molecule has 178 valence electrons. The summed E-state index contributed by atoms with van der Waals surface area (Å²) in [5, 5.41) is 3.54. The molecule has 2 amide bonds. The van der Waals surface area contributed by atoms with Gasteiger partial charge in [0.2, 0.25) is 5.91 Å². The van der Waals surface area contributed by atoms with E-state index < -0.39 is 6.04 Å². The highest BCUT2D eigenvalue weighted by Crippen LogP contribution is 2.27. The van der Waals surface area contributed by atoms with Crippen molar-refractivity contribution in [3.05, 3.63) is 99.0 Å². The molecule has 5 nitrogen and oxygen atoms in total. The Morgan fingerprint density at radius 3 is 2.26 bits per heavy atom. The third kappa shape index (κ3) is 6.52. The van der Waals surface area contributed by atoms with Crippen LogP contribution in [0.5, 0.6) is 5.75 Å². The number of rotatable bonds is 9. The number of likely N-dealkylation sites (N-methyl/N-ethyl adjacent to an activating group) is 1. The van der Waals surface area contributed by atoms with Crippen LogP contribution in [0.15, 0.2) is 66.7 Å². The van der Waals surface area contributed by atoms with Crippen molar-refractivity contribution in [2.75, 3.05) is 13.7 Å². The molecule has 3 rings (SSSR count). The maximum absolute atomic E-state index is 13.5. The van der Waals surface area contributed by atoms with Gasteiger partial charge in [-0.05, 0) is 43.2 Å². The predicted octanol–water partition coefficient (Wildman–Crippen LogP) is 5.38. The normalized spacial score (nSPS) is 11.6. The van der Waals surface area contributed by atoms with Gasteiger partial charge in [-0.3, -0.25) is 9.59 Å². The van der Waals surface area contributed by atoms with Gasteiger partial charge in [0.05, 0.1) is 0 Å². The van der Waals surface area contributed by atoms with Gasteiger partial charge < -0.3 is 15.0 Å². The lowest BCUT2D eigenvalue weighted by atomic mass is 10.0. The lowest BCUT2D eigenvalue weighted by molar-refractivity contribution is -0.142. The predicted molar refractivity (Wildman–Crippen MR) is 136 cm³/mol. The molecule has 0 radical (unpaired) electrons. The van der Waals surface area contributed by atoms with E-state index in [1.807, 2.05) is 62.4 Å². The highest BCUT2D eigenvalue weighted by molar-refractivity contribution is 6.36. The number of nitrogens with one attached hydrogen (secondary N) is 1. The fourth-order valence-electron chi connectivity index (χ4n) is 3.76. The number of halogens is 2. The zero-order valence-electron chi connectivity index (χ0n) is 19.5. The van der Waals surface area contributed by atoms with E-state index in [-0.39, 0.29) is 25.0 Å². The van der Waals surface area contributed by atoms with Crippen molar-refractivity contribution in [2.45, 2.75) is 32.9 Å². The number of carbonyl (C=O) groups is 2. The molecule has 1 atom stereocenters. The quantitative estimate of drug-likeness (QED) is 0.431. The fourth-order valence-corrected chi connectivity index (χ4v) is 4.27. The molecule has 7 heteroatoms. The third-order valence-electron chi connectivity index (χ3n) is 5.59. The summed E-state index contributed by atoms with van der Waals surface area (Å²) in [6.07, 6.45) is 0.331. The van der Waals surface area contributed by atoms with Gasteiger partial charge in [0.25, 0.3) is 5.91 Å². The summed E-state index contributed by atoms with van der Waals surface area (Å²) in [6.45, 7) is 3.76. The van der Waals surface area contributed by atoms with E-state index in [0.717, 1.165) is 16.7 Å². The minimum absolute atomic E-state index is 0.0680. The van der Waals surface area contributed by atoms with Crippen molar-refractivity contribution >= 4 is 35.0 Å². The van der Waals surface area contributed by atoms with Crippen molar-refractivity contribution < 1.29 is 14.3 Å². The summed E-state index contributed by atoms with van der Waals surface area (Å²) in [5.41, 5.74) is 3.54. The third-order valence-corrected chi connectivity index (χ3v) is 6.30. The maximum Gasteiger partial charge on any atom is 0.261 e. The van der Waals surface area contributed by atoms with Crippen LogP contribution in [0.25, 0.3) is 0 Å². The largest absolute Gasteiger partial charge is 0.483 e. The summed E-state index contributed by atoms with van der Waals surface area (Å²) in [7, 11) is 1.55. The second-order valence-electron chi connectivity index (χ2n) is 8.10. The van der Waals surface area contributed by atoms with Crippen molar-refractivity contribution in [3.63, 3.8) is 0 Å². The van der Waals surface area contributed by atoms with E-state index in [4.69, 9.17) is 27.9 Å². The number of aryl methyl sites for hydroxylation is 2. The number of carbonyl (C=O) groups excluding carboxylic acids is 2. The van der Waals surface area contributed by atoms with Crippen molar-refractivity contribution in [1.29, 1.82) is 0 Å². The van der Waals surface area contributed by atoms with Gasteiger partial charge in [-0.25, -0.2) is 0 Å². The van der Waals surface area contributed by atoms with Crippen LogP contribution in [0, 0.1) is 13.8 Å². The molecule has 0 aliphatic heterocycles. The summed E-state index contributed by atoms with van der Waals surface area (Å²) in [4.78, 5) is 28.0. The Morgan fingerprint density at radius 2 is 1.65 bits per heavy atom. The Balaban J connectivity index is 1.93. The van der Waals surface area contributed by atoms with E-state index in [9.17, 15) is 9.59 Å². The topological polar surface area (TPSA) is 58.6 Å². The summed E-state index contributed by atoms with van der Waals surface area (Å²) in [5.74, 6) is -0.0124. The average Bonchev–Trinajstić information content (AvgIpc) is 2.82. The molecule has 0 saturated heterocycles. The minimum Gasteiger partial charge on any atom is -0.483 e. The van der Waals surface area contributed by atoms with Gasteiger partial charge in [0.1, 0.15) is 11.8 Å². The van der Waals surface area contributed by atoms with E-state index in [0.29, 0.717) is 27.8 Å². The van der Waals surface area contributed by atoms with Crippen LogP contribution in [0.3, 0.4) is 0 Å². The van der Waals surface area contributed by atoms with Crippen LogP contribution in [-0.4, -0.2) is 36.4 Å². The lowest BCUT2D eigenvalue weighted by Crippen LogP contribution is -2.51. The number of hydrogen-bond acceptors (Lipinski definition) is 3. The minimum atomic E-state index is -0.782. The molecule has 0 heterocycles. The number of amides is 2. The number of nitrogens with zero attached hydrogens (tertiary/aromatic N) is 1. The monoisotopic (exact) mass is 498 g/mol. The highest BCUT2D eigenvalue weighted by Gasteiger charge is 2.31. The van der Waals surface area contributed by atoms with Gasteiger partial charge in [0.15, 0.2) is 6.61 Å². The zero-order chi connectivity index (χ0) is 24.7. The Labute approximate surface area is 210 Å². The van der Waals surface area contributed by atoms with Gasteiger partial charge in [0, 0.05) is 35.6 Å². The van der Waals surface area contributed by atoms with Crippen LogP contribution in [-0.2, 0) is 22.6 Å². The van der Waals surface area contributed by atoms with Crippen LogP contribution < -0.4 is 10.1 Å². The molecule has 0 spiro atoms. The van der Waals surface area contributed by atoms with Gasteiger partial charge in [-0.15, -0.1) is 0 Å². The van der Waals surface area contributed by atoms with Crippen molar-refractivity contribution in [1.82, 2.24) is 10.2 Å². The molecule has 1 N–H and O–H groups in total. The summed E-state index contributed by atoms with van der Waals surface area (Å²) >= 11 is 12.8. The molecular weight excluding hydrogens is 471 g/mol. The van der Waals surface area contributed by atoms with Crippen LogP contribution >= 0.6 is 23.2 Å². The highest BCUT2D eigenvalue weighted by atomic mass is 35.5. The Morgan fingerprint density at radius 1 is 0.971 bits per heavy atom. The van der Waals surface area contributed by atoms with Crippen molar-refractivity contribution in [3.8, 4) is 5.75 Å². The zero-order valence-corrected chi connectivity index (χ0v) is 21.0. The Kier molecular flexibility index (Phi) is 8.97. The number of hydrogen-bond donors (Lipinski definition) is 1. The average molecular weight is 499 g/mol. The molecule has 0 bridgehead atoms. The molecule has 0 fully saturated rings. The first-order valence-electron chi connectivity index (χ1n) is 11.0. The molecule has 3 aromatic carbocycles. The summed E-state index contributed by atoms with van der Waals surface area (Å²) < 4.78 is 5.86. The van der Waals surface area contributed by atoms with Crippen LogP contribution in [0.1, 0.15) is 22.3 Å². The first-order valence-corrected chi connectivity index (χ1v) is 11.7. The summed E-state index contributed by atoms with van der Waals surface area (Å²) in [6, 6.07) is 19.7. The van der Waals surface area contributed by atoms with Gasteiger partial charge in [-0.1, -0.05) is 77.3 Å². The van der Waals surface area contributed by atoms with Gasteiger partial charge in [-0.2, -0.15) is 0 Å². The Bertz CT molecular complexity index is 1130. The molecule has 3 aromatic rings. The molecule has 34 heavy (non-hydrogen) atoms. The maximum atomic E-state index is 13.5. The second-order valence-corrected chi connectivity index (χ2v) is 8.91. The molecule has 0 aliphatic rings. The smallest absolute Gasteiger partial charge is 0.261 e. The van der Waals surface area contributed by atoms with E-state index >= 15 is 0 Å². The van der Waals surface area contributed by atoms with Crippen LogP contribution in [0.2, 0.25) is 10.0 Å². The van der Waals surface area contributed by atoms with E-state index in [2.05, 4.69) is 5.32 Å². The van der Waals surface area contributed by atoms with Crippen LogP contribution in [0.4, 0.5) is 0 Å². The molecule has 0 aliphatic carbocycles. The number of ether oxygens (including phenoxy) is 1. The molecular formula is C27H28Cl2N2O3. The van der Waals surface area contributed by atoms with E-state index in [1.54, 1.807) is 25.2 Å². The first kappa shape index (κ1) is 25.6. The second kappa shape index (κ2) is 11.9. The number of benzene rings is 3. The molecule has 0 aromatic heterocycles. The molecule has 0 saturated carbocycles. The SMILES string of the molecule is CNC(=O)[C@H](Cc1ccccc1)N(Cc1c(Cl)cccc1Cl)C(=O)COc1ccc(C)cc1C. The lowest BCUT2D eigenvalue weighted by Gasteiger charge is -2.31. The van der Waals surface area contributed by atoms with E-state index in [1.165, 1.54) is 4.90 Å². The Hall–Kier alpha value is -3.02. The molecule has 0 unspecified atom stereocenters. The standard InChI is InChI=1S/C27H28Cl2N2O3/c1-18-12-13-25(19(2)14-18)34-17-26(32)31(16-21-22(28)10-7-11-23(21)29)24(27(33)30-3)15-20-8-5-4-6-9-20/h4-14,24H,15-17H2,1-3H3,(H,30,33)/t24-/m0/s1.